The Balaban J connectivity index is 1.81. The third kappa shape index (κ3) is 5.00. The van der Waals surface area contributed by atoms with E-state index >= 15 is 0 Å². The van der Waals surface area contributed by atoms with E-state index in [-0.39, 0.29) is 17.2 Å². The van der Waals surface area contributed by atoms with E-state index in [0.717, 1.165) is 5.56 Å². The molecule has 0 aromatic heterocycles. The number of ether oxygens (including phenoxy) is 2. The van der Waals surface area contributed by atoms with Crippen LogP contribution < -0.4 is 10.1 Å². The Morgan fingerprint density at radius 1 is 1.13 bits per heavy atom. The predicted molar refractivity (Wildman–Crippen MR) is 86.6 cm³/mol. The van der Waals surface area contributed by atoms with E-state index in [1.807, 2.05) is 24.3 Å². The van der Waals surface area contributed by atoms with Crippen LogP contribution in [0.4, 0.5) is 0 Å². The van der Waals surface area contributed by atoms with E-state index in [1.54, 1.807) is 31.4 Å². The molecule has 0 unspecified atom stereocenters. The Labute approximate surface area is 139 Å². The Hall–Kier alpha value is -2.53. The summed E-state index contributed by atoms with van der Waals surface area (Å²) in [7, 11) is 1.58. The fourth-order valence-corrected chi connectivity index (χ4v) is 2.08. The third-order valence-corrected chi connectivity index (χ3v) is 3.38. The van der Waals surface area contributed by atoms with Crippen LogP contribution >= 0.6 is 11.6 Å². The number of halogens is 1. The number of methoxy groups -OCH3 is 1. The molecule has 0 bridgehead atoms. The number of nitrogens with one attached hydrogen (secondary N) is 1. The highest BCUT2D eigenvalue weighted by atomic mass is 35.5. The van der Waals surface area contributed by atoms with Crippen molar-refractivity contribution in [3.63, 3.8) is 0 Å². The van der Waals surface area contributed by atoms with Gasteiger partial charge in [-0.3, -0.25) is 4.79 Å². The molecule has 0 fully saturated rings. The van der Waals surface area contributed by atoms with Gasteiger partial charge in [-0.15, -0.1) is 0 Å². The van der Waals surface area contributed by atoms with Crippen molar-refractivity contribution < 1.29 is 19.1 Å². The van der Waals surface area contributed by atoms with E-state index in [4.69, 9.17) is 21.1 Å². The Kier molecular flexibility index (Phi) is 6.00. The van der Waals surface area contributed by atoms with Gasteiger partial charge in [-0.25, -0.2) is 4.79 Å². The molecule has 2 aromatic rings. The molecular formula is C17H16ClNO4. The van der Waals surface area contributed by atoms with Gasteiger partial charge >= 0.3 is 5.97 Å². The molecular weight excluding hydrogens is 318 g/mol. The normalized spacial score (nSPS) is 10.0. The summed E-state index contributed by atoms with van der Waals surface area (Å²) in [5, 5.41) is 2.95. The number of benzene rings is 2. The van der Waals surface area contributed by atoms with Crippen LogP contribution in [-0.2, 0) is 16.1 Å². The standard InChI is InChI=1S/C17H16ClNO4/c1-22-13-6-4-5-12(9-13)10-19-16(20)11-23-17(21)14-7-2-3-8-15(14)18/h2-9H,10-11H2,1H3,(H,19,20). The first-order chi connectivity index (χ1) is 11.1. The molecule has 0 atom stereocenters. The van der Waals surface area contributed by atoms with Crippen LogP contribution in [0.15, 0.2) is 48.5 Å². The van der Waals surface area contributed by atoms with Crippen molar-refractivity contribution in [1.82, 2.24) is 5.32 Å². The minimum atomic E-state index is -0.632. The number of carbonyl (C=O) groups is 2. The molecule has 120 valence electrons. The topological polar surface area (TPSA) is 64.6 Å². The molecule has 2 rings (SSSR count). The van der Waals surface area contributed by atoms with Crippen LogP contribution in [0.25, 0.3) is 0 Å². The van der Waals surface area contributed by atoms with E-state index in [2.05, 4.69) is 5.32 Å². The number of amides is 1. The van der Waals surface area contributed by atoms with Gasteiger partial charge in [-0.05, 0) is 29.8 Å². The highest BCUT2D eigenvalue weighted by Crippen LogP contribution is 2.15. The Morgan fingerprint density at radius 2 is 1.91 bits per heavy atom. The lowest BCUT2D eigenvalue weighted by Gasteiger charge is -2.08. The number of hydrogen-bond acceptors (Lipinski definition) is 4. The van der Waals surface area contributed by atoms with Crippen molar-refractivity contribution in [2.24, 2.45) is 0 Å². The van der Waals surface area contributed by atoms with Crippen molar-refractivity contribution in [3.05, 3.63) is 64.7 Å². The summed E-state index contributed by atoms with van der Waals surface area (Å²) in [4.78, 5) is 23.6. The maximum atomic E-state index is 11.8. The highest BCUT2D eigenvalue weighted by Gasteiger charge is 2.12. The van der Waals surface area contributed by atoms with Crippen LogP contribution in [0.5, 0.6) is 5.75 Å². The predicted octanol–water partition coefficient (Wildman–Crippen LogP) is 2.82. The SMILES string of the molecule is COc1cccc(CNC(=O)COC(=O)c2ccccc2Cl)c1. The molecule has 0 radical (unpaired) electrons. The lowest BCUT2D eigenvalue weighted by Crippen LogP contribution is -2.28. The van der Waals surface area contributed by atoms with Gasteiger partial charge in [0.05, 0.1) is 17.7 Å². The van der Waals surface area contributed by atoms with Gasteiger partial charge in [0.15, 0.2) is 6.61 Å². The zero-order valence-corrected chi connectivity index (χ0v) is 13.3. The van der Waals surface area contributed by atoms with Gasteiger partial charge in [-0.2, -0.15) is 0 Å². The van der Waals surface area contributed by atoms with Gasteiger partial charge in [-0.1, -0.05) is 35.9 Å². The zero-order chi connectivity index (χ0) is 16.7. The fourth-order valence-electron chi connectivity index (χ4n) is 1.87. The maximum Gasteiger partial charge on any atom is 0.340 e. The molecule has 5 nitrogen and oxygen atoms in total. The number of rotatable bonds is 6. The van der Waals surface area contributed by atoms with Crippen LogP contribution in [-0.4, -0.2) is 25.6 Å². The molecule has 2 aromatic carbocycles. The average Bonchev–Trinajstić information content (AvgIpc) is 2.58. The van der Waals surface area contributed by atoms with Crippen LogP contribution in [0.3, 0.4) is 0 Å². The van der Waals surface area contributed by atoms with Crippen molar-refractivity contribution in [3.8, 4) is 5.75 Å². The molecule has 6 heteroatoms. The molecule has 0 heterocycles. The second-order valence-corrected chi connectivity index (χ2v) is 5.09. The van der Waals surface area contributed by atoms with E-state index in [0.29, 0.717) is 12.3 Å². The first-order valence-corrected chi connectivity index (χ1v) is 7.29. The fraction of sp³-hybridized carbons (Fsp3) is 0.176. The quantitative estimate of drug-likeness (QED) is 0.826. The summed E-state index contributed by atoms with van der Waals surface area (Å²) < 4.78 is 10.1. The number of carbonyl (C=O) groups excluding carboxylic acids is 2. The lowest BCUT2D eigenvalue weighted by atomic mass is 10.2. The van der Waals surface area contributed by atoms with Gasteiger partial charge in [0.1, 0.15) is 5.75 Å². The summed E-state index contributed by atoms with van der Waals surface area (Å²) in [5.41, 5.74) is 1.12. The first-order valence-electron chi connectivity index (χ1n) is 6.91. The van der Waals surface area contributed by atoms with Gasteiger partial charge in [0, 0.05) is 6.54 Å². The number of hydrogen-bond donors (Lipinski definition) is 1. The van der Waals surface area contributed by atoms with E-state index in [1.165, 1.54) is 0 Å². The second kappa shape index (κ2) is 8.19. The van der Waals surface area contributed by atoms with E-state index < -0.39 is 11.9 Å². The largest absolute Gasteiger partial charge is 0.497 e. The molecule has 1 amide bonds. The molecule has 0 aliphatic rings. The molecule has 0 aliphatic heterocycles. The van der Waals surface area contributed by atoms with Crippen molar-refractivity contribution in [2.45, 2.75) is 6.54 Å². The molecule has 0 aliphatic carbocycles. The van der Waals surface area contributed by atoms with Gasteiger partial charge < -0.3 is 14.8 Å². The smallest absolute Gasteiger partial charge is 0.340 e. The summed E-state index contributed by atoms with van der Waals surface area (Å²) in [6, 6.07) is 13.8. The molecule has 0 spiro atoms. The number of esters is 1. The summed E-state index contributed by atoms with van der Waals surface area (Å²) in [6.45, 7) is -0.0479. The second-order valence-electron chi connectivity index (χ2n) is 4.68. The zero-order valence-electron chi connectivity index (χ0n) is 12.5. The summed E-state index contributed by atoms with van der Waals surface area (Å²) in [5.74, 6) is -0.317. The minimum Gasteiger partial charge on any atom is -0.497 e. The van der Waals surface area contributed by atoms with Crippen molar-refractivity contribution in [1.29, 1.82) is 0 Å². The lowest BCUT2D eigenvalue weighted by molar-refractivity contribution is -0.124. The van der Waals surface area contributed by atoms with Crippen LogP contribution in [0, 0.1) is 0 Å². The first kappa shape index (κ1) is 16.8. The molecule has 23 heavy (non-hydrogen) atoms. The van der Waals surface area contributed by atoms with E-state index in [9.17, 15) is 9.59 Å². The van der Waals surface area contributed by atoms with Crippen LogP contribution in [0.1, 0.15) is 15.9 Å². The summed E-state index contributed by atoms with van der Waals surface area (Å²) >= 11 is 5.89. The van der Waals surface area contributed by atoms with Crippen molar-refractivity contribution >= 4 is 23.5 Å². The Bertz CT molecular complexity index is 702. The Morgan fingerprint density at radius 3 is 2.65 bits per heavy atom. The summed E-state index contributed by atoms with van der Waals surface area (Å²) in [6.07, 6.45) is 0. The molecule has 0 saturated carbocycles. The van der Waals surface area contributed by atoms with Crippen molar-refractivity contribution in [2.75, 3.05) is 13.7 Å². The highest BCUT2D eigenvalue weighted by molar-refractivity contribution is 6.33. The maximum absolute atomic E-state index is 11.8. The van der Waals surface area contributed by atoms with Gasteiger partial charge in [0.25, 0.3) is 5.91 Å². The van der Waals surface area contributed by atoms with Crippen LogP contribution in [0.2, 0.25) is 5.02 Å². The molecule has 0 saturated heterocycles. The molecule has 1 N–H and O–H groups in total. The average molecular weight is 334 g/mol. The van der Waals surface area contributed by atoms with Gasteiger partial charge in [0.2, 0.25) is 0 Å². The third-order valence-electron chi connectivity index (χ3n) is 3.05. The minimum absolute atomic E-state index is 0.231. The monoisotopic (exact) mass is 333 g/mol.